The van der Waals surface area contributed by atoms with Gasteiger partial charge in [0.25, 0.3) is 0 Å². The van der Waals surface area contributed by atoms with E-state index in [9.17, 15) is 16.8 Å². The molecule has 0 amide bonds. The lowest BCUT2D eigenvalue weighted by Gasteiger charge is -2.19. The van der Waals surface area contributed by atoms with Crippen molar-refractivity contribution < 1.29 is 16.8 Å². The molecule has 0 spiro atoms. The fraction of sp³-hybridized carbons (Fsp3) is 0.333. The van der Waals surface area contributed by atoms with Crippen LogP contribution in [0.15, 0.2) is 24.3 Å². The molecule has 96 valence electrons. The molecule has 0 unspecified atom stereocenters. The molecule has 0 aliphatic heterocycles. The first-order valence-electron chi connectivity index (χ1n) is 4.51. The number of benzene rings is 1. The van der Waals surface area contributed by atoms with Crippen LogP contribution in [0.3, 0.4) is 0 Å². The molecule has 1 aromatic rings. The molecule has 0 heterocycles. The predicted molar refractivity (Wildman–Crippen MR) is 71.2 cm³/mol. The first-order valence-corrected chi connectivity index (χ1v) is 9.33. The lowest BCUT2D eigenvalue weighted by Crippen LogP contribution is -2.35. The van der Waals surface area contributed by atoms with Gasteiger partial charge in [-0.25, -0.2) is 16.8 Å². The highest BCUT2D eigenvalue weighted by Gasteiger charge is 2.26. The van der Waals surface area contributed by atoms with Gasteiger partial charge in [0.1, 0.15) is 0 Å². The van der Waals surface area contributed by atoms with Crippen LogP contribution in [-0.4, -0.2) is 29.3 Å². The van der Waals surface area contributed by atoms with Gasteiger partial charge in [-0.3, -0.25) is 0 Å². The Kier molecular flexibility index (Phi) is 4.21. The number of hydrogen-bond acceptors (Lipinski definition) is 4. The van der Waals surface area contributed by atoms with Gasteiger partial charge < -0.3 is 0 Å². The molecule has 0 N–H and O–H groups in total. The van der Waals surface area contributed by atoms with E-state index in [2.05, 4.69) is 15.9 Å². The van der Waals surface area contributed by atoms with Crippen molar-refractivity contribution in [1.29, 1.82) is 0 Å². The summed E-state index contributed by atoms with van der Waals surface area (Å²) in [6.07, 6.45) is 1.71. The molecule has 0 aliphatic rings. The zero-order chi connectivity index (χ0) is 13.3. The predicted octanol–water partition coefficient (Wildman–Crippen LogP) is 1.31. The van der Waals surface area contributed by atoms with Crippen LogP contribution in [-0.2, 0) is 25.4 Å². The van der Waals surface area contributed by atoms with Crippen LogP contribution in [0, 0.1) is 0 Å². The van der Waals surface area contributed by atoms with E-state index in [1.165, 1.54) is 12.1 Å². The number of alkyl halides is 1. The van der Waals surface area contributed by atoms with Crippen molar-refractivity contribution in [2.75, 3.05) is 16.2 Å². The minimum Gasteiger partial charge on any atom is -0.206 e. The zero-order valence-corrected chi connectivity index (χ0v) is 12.5. The SMILES string of the molecule is CS(=O)(=O)N(c1ccc(CBr)cc1)S(C)(=O)=O. The van der Waals surface area contributed by atoms with E-state index in [-0.39, 0.29) is 5.69 Å². The summed E-state index contributed by atoms with van der Waals surface area (Å²) in [5, 5.41) is 0.616. The van der Waals surface area contributed by atoms with Crippen LogP contribution >= 0.6 is 15.9 Å². The molecule has 0 saturated carbocycles. The molecule has 0 atom stereocenters. The largest absolute Gasteiger partial charge is 0.245 e. The standard InChI is InChI=1S/C9H12BrNO4S2/c1-16(12,13)11(17(2,14)15)9-5-3-8(7-10)4-6-9/h3-6H,7H2,1-2H3. The number of sulfonamides is 2. The van der Waals surface area contributed by atoms with Crippen molar-refractivity contribution in [3.63, 3.8) is 0 Å². The minimum absolute atomic E-state index is 0.111. The fourth-order valence-electron chi connectivity index (χ4n) is 1.34. The average Bonchev–Trinajstić information content (AvgIpc) is 2.14. The van der Waals surface area contributed by atoms with Crippen molar-refractivity contribution in [2.24, 2.45) is 0 Å². The fourth-order valence-corrected chi connectivity index (χ4v) is 4.69. The quantitative estimate of drug-likeness (QED) is 0.774. The second-order valence-corrected chi connectivity index (χ2v) is 7.98. The highest BCUT2D eigenvalue weighted by atomic mass is 79.9. The molecule has 0 saturated heterocycles. The monoisotopic (exact) mass is 341 g/mol. The third kappa shape index (κ3) is 3.68. The van der Waals surface area contributed by atoms with E-state index < -0.39 is 20.0 Å². The summed E-state index contributed by atoms with van der Waals surface area (Å²) in [5.41, 5.74) is 1.04. The molecular weight excluding hydrogens is 330 g/mol. The van der Waals surface area contributed by atoms with Crippen molar-refractivity contribution in [3.8, 4) is 0 Å². The molecule has 1 rings (SSSR count). The summed E-state index contributed by atoms with van der Waals surface area (Å²) in [7, 11) is -7.72. The van der Waals surface area contributed by atoms with E-state index >= 15 is 0 Å². The van der Waals surface area contributed by atoms with Crippen LogP contribution in [0.1, 0.15) is 5.56 Å². The summed E-state index contributed by atoms with van der Waals surface area (Å²) in [6.45, 7) is 0. The molecule has 17 heavy (non-hydrogen) atoms. The lowest BCUT2D eigenvalue weighted by atomic mass is 10.2. The van der Waals surface area contributed by atoms with Crippen LogP contribution in [0.25, 0.3) is 0 Å². The van der Waals surface area contributed by atoms with Gasteiger partial charge in [-0.15, -0.1) is 0 Å². The summed E-state index contributed by atoms with van der Waals surface area (Å²) < 4.78 is 46.3. The Labute approximate surface area is 110 Å². The molecule has 0 fully saturated rings. The van der Waals surface area contributed by atoms with E-state index in [4.69, 9.17) is 0 Å². The molecule has 5 nitrogen and oxygen atoms in total. The Bertz CT molecular complexity index is 560. The summed E-state index contributed by atoms with van der Waals surface area (Å²) >= 11 is 3.25. The topological polar surface area (TPSA) is 71.5 Å². The average molecular weight is 342 g/mol. The summed E-state index contributed by atoms with van der Waals surface area (Å²) in [4.78, 5) is 0. The molecule has 0 aliphatic carbocycles. The van der Waals surface area contributed by atoms with Gasteiger partial charge in [0, 0.05) is 5.33 Å². The third-order valence-electron chi connectivity index (χ3n) is 1.90. The van der Waals surface area contributed by atoms with Gasteiger partial charge in [-0.05, 0) is 17.7 Å². The third-order valence-corrected chi connectivity index (χ3v) is 5.80. The maximum Gasteiger partial charge on any atom is 0.245 e. The first kappa shape index (κ1) is 14.5. The minimum atomic E-state index is -3.86. The molecule has 1 aromatic carbocycles. The second-order valence-electron chi connectivity index (χ2n) is 3.52. The van der Waals surface area contributed by atoms with Crippen molar-refractivity contribution in [2.45, 2.75) is 5.33 Å². The number of anilines is 1. The molecule has 0 aromatic heterocycles. The number of halogens is 1. The highest BCUT2D eigenvalue weighted by molar-refractivity contribution is 9.08. The van der Waals surface area contributed by atoms with E-state index in [1.807, 2.05) is 0 Å². The molecular formula is C9H12BrNO4S2. The van der Waals surface area contributed by atoms with Crippen molar-refractivity contribution in [1.82, 2.24) is 0 Å². The van der Waals surface area contributed by atoms with Gasteiger partial charge in [0.05, 0.1) is 18.2 Å². The normalized spacial score (nSPS) is 12.4. The maximum atomic E-state index is 11.5. The van der Waals surface area contributed by atoms with E-state index in [0.717, 1.165) is 18.1 Å². The maximum absolute atomic E-state index is 11.5. The smallest absolute Gasteiger partial charge is 0.206 e. The van der Waals surface area contributed by atoms with Gasteiger partial charge >= 0.3 is 0 Å². The lowest BCUT2D eigenvalue weighted by molar-refractivity contribution is 0.590. The molecule has 8 heteroatoms. The Balaban J connectivity index is 3.34. The molecule has 0 bridgehead atoms. The summed E-state index contributed by atoms with van der Waals surface area (Å²) in [6, 6.07) is 6.23. The highest BCUT2D eigenvalue weighted by Crippen LogP contribution is 2.21. The van der Waals surface area contributed by atoms with Crippen LogP contribution in [0.5, 0.6) is 0 Å². The Hall–Kier alpha value is -0.600. The number of nitrogens with zero attached hydrogens (tertiary/aromatic N) is 1. The van der Waals surface area contributed by atoms with Gasteiger partial charge in [0.15, 0.2) is 0 Å². The Morgan fingerprint density at radius 2 is 1.41 bits per heavy atom. The van der Waals surface area contributed by atoms with Crippen molar-refractivity contribution in [3.05, 3.63) is 29.8 Å². The number of rotatable bonds is 4. The second kappa shape index (κ2) is 4.95. The zero-order valence-electron chi connectivity index (χ0n) is 9.29. The van der Waals surface area contributed by atoms with Crippen LogP contribution in [0.2, 0.25) is 0 Å². The van der Waals surface area contributed by atoms with Gasteiger partial charge in [-0.1, -0.05) is 28.1 Å². The summed E-state index contributed by atoms with van der Waals surface area (Å²) in [5.74, 6) is 0. The van der Waals surface area contributed by atoms with Gasteiger partial charge in [-0.2, -0.15) is 3.71 Å². The Morgan fingerprint density at radius 1 is 1.00 bits per heavy atom. The first-order chi connectivity index (χ1) is 7.66. The molecule has 0 radical (unpaired) electrons. The van der Waals surface area contributed by atoms with Crippen LogP contribution < -0.4 is 3.71 Å². The van der Waals surface area contributed by atoms with Crippen molar-refractivity contribution >= 4 is 41.7 Å². The van der Waals surface area contributed by atoms with Gasteiger partial charge in [0.2, 0.25) is 20.0 Å². The van der Waals surface area contributed by atoms with Crippen LogP contribution in [0.4, 0.5) is 5.69 Å². The Morgan fingerprint density at radius 3 is 1.71 bits per heavy atom. The number of hydrogen-bond donors (Lipinski definition) is 0. The van der Waals surface area contributed by atoms with E-state index in [0.29, 0.717) is 9.04 Å². The van der Waals surface area contributed by atoms with E-state index in [1.54, 1.807) is 12.1 Å².